The zero-order valence-electron chi connectivity index (χ0n) is 13.4. The molecule has 22 heavy (non-hydrogen) atoms. The molecule has 0 unspecified atom stereocenters. The minimum absolute atomic E-state index is 0.0616. The van der Waals surface area contributed by atoms with Crippen LogP contribution in [0.25, 0.3) is 11.0 Å². The Labute approximate surface area is 136 Å². The molecule has 0 bridgehead atoms. The lowest BCUT2D eigenvalue weighted by Gasteiger charge is -2.16. The summed E-state index contributed by atoms with van der Waals surface area (Å²) in [6.07, 6.45) is 6.23. The molecule has 2 aromatic rings. The zero-order chi connectivity index (χ0) is 16.1. The molecule has 1 saturated carbocycles. The van der Waals surface area contributed by atoms with Crippen molar-refractivity contribution < 1.29 is 4.79 Å². The molecule has 0 aromatic carbocycles. The third kappa shape index (κ3) is 3.24. The summed E-state index contributed by atoms with van der Waals surface area (Å²) in [4.78, 5) is 20.6. The van der Waals surface area contributed by atoms with Crippen molar-refractivity contribution >= 4 is 28.5 Å². The summed E-state index contributed by atoms with van der Waals surface area (Å²) in [5.41, 5.74) is 1.42. The monoisotopic (exact) mass is 322 g/mol. The first-order valence-corrected chi connectivity index (χ1v) is 8.40. The second-order valence-corrected chi connectivity index (χ2v) is 5.45. The number of aromatic nitrogens is 3. The summed E-state index contributed by atoms with van der Waals surface area (Å²) in [7, 11) is 0. The highest BCUT2D eigenvalue weighted by molar-refractivity contribution is 6.28. The predicted octanol–water partition coefficient (Wildman–Crippen LogP) is 3.98. The van der Waals surface area contributed by atoms with Crippen molar-refractivity contribution in [3.63, 3.8) is 0 Å². The van der Waals surface area contributed by atoms with Crippen molar-refractivity contribution in [1.82, 2.24) is 19.9 Å². The van der Waals surface area contributed by atoms with Gasteiger partial charge in [-0.05, 0) is 37.4 Å². The highest BCUT2D eigenvalue weighted by Gasteiger charge is 2.25. The van der Waals surface area contributed by atoms with E-state index in [1.165, 1.54) is 12.8 Å². The Morgan fingerprint density at radius 3 is 2.73 bits per heavy atom. The Morgan fingerprint density at radius 2 is 2.09 bits per heavy atom. The zero-order valence-corrected chi connectivity index (χ0v) is 14.2. The number of amides is 1. The second kappa shape index (κ2) is 7.58. The predicted molar refractivity (Wildman–Crippen MR) is 89.4 cm³/mol. The lowest BCUT2D eigenvalue weighted by molar-refractivity contribution is 0.0945. The van der Waals surface area contributed by atoms with Crippen molar-refractivity contribution in [1.29, 1.82) is 0 Å². The van der Waals surface area contributed by atoms with E-state index in [2.05, 4.69) is 15.3 Å². The molecule has 1 amide bonds. The van der Waals surface area contributed by atoms with Crippen LogP contribution in [0, 0.1) is 0 Å². The fourth-order valence-electron chi connectivity index (χ4n) is 2.95. The average molecular weight is 323 g/mol. The van der Waals surface area contributed by atoms with Crippen LogP contribution in [-0.2, 0) is 0 Å². The number of hydrogen-bond acceptors (Lipinski definition) is 3. The van der Waals surface area contributed by atoms with Gasteiger partial charge in [-0.1, -0.05) is 26.7 Å². The van der Waals surface area contributed by atoms with Crippen LogP contribution in [-0.4, -0.2) is 27.0 Å². The topological polar surface area (TPSA) is 59.8 Å². The number of carbonyl (C=O) groups is 1. The van der Waals surface area contributed by atoms with Gasteiger partial charge in [0.1, 0.15) is 11.3 Å². The lowest BCUT2D eigenvalue weighted by atomic mass is 10.2. The first kappa shape index (κ1) is 16.7. The largest absolute Gasteiger partial charge is 0.351 e. The van der Waals surface area contributed by atoms with Gasteiger partial charge in [0.2, 0.25) is 5.28 Å². The smallest absolute Gasteiger partial charge is 0.267 e. The average Bonchev–Trinajstić information content (AvgIpc) is 3.15. The number of hydrogen-bond donors (Lipinski definition) is 1. The van der Waals surface area contributed by atoms with Crippen molar-refractivity contribution in [2.24, 2.45) is 0 Å². The Kier molecular flexibility index (Phi) is 5.77. The summed E-state index contributed by atoms with van der Waals surface area (Å²) >= 11 is 5.91. The van der Waals surface area contributed by atoms with Crippen molar-refractivity contribution in [3.8, 4) is 0 Å². The Morgan fingerprint density at radius 1 is 1.41 bits per heavy atom. The third-order valence-electron chi connectivity index (χ3n) is 3.81. The van der Waals surface area contributed by atoms with Crippen molar-refractivity contribution in [2.45, 2.75) is 52.5 Å². The van der Waals surface area contributed by atoms with Crippen LogP contribution in [0.2, 0.25) is 5.28 Å². The van der Waals surface area contributed by atoms with E-state index in [1.54, 1.807) is 6.20 Å². The maximum Gasteiger partial charge on any atom is 0.267 e. The van der Waals surface area contributed by atoms with Gasteiger partial charge >= 0.3 is 0 Å². The molecule has 1 fully saturated rings. The molecule has 1 aliphatic carbocycles. The molecule has 1 aliphatic rings. The first-order chi connectivity index (χ1) is 10.7. The van der Waals surface area contributed by atoms with E-state index >= 15 is 0 Å². The van der Waals surface area contributed by atoms with Gasteiger partial charge in [0.15, 0.2) is 0 Å². The molecule has 0 aliphatic heterocycles. The SMILES string of the molecule is CC.CCNC(=O)c1cc2cnc(Cl)nc2n1C1CCCC1. The lowest BCUT2D eigenvalue weighted by Crippen LogP contribution is -2.26. The molecule has 0 radical (unpaired) electrons. The molecule has 0 saturated heterocycles. The molecular formula is C16H23ClN4O. The maximum absolute atomic E-state index is 12.3. The van der Waals surface area contributed by atoms with Gasteiger partial charge in [0.25, 0.3) is 5.91 Å². The maximum atomic E-state index is 12.3. The molecule has 2 heterocycles. The molecule has 1 N–H and O–H groups in total. The molecule has 0 atom stereocenters. The number of fused-ring (bicyclic) bond motifs is 1. The van der Waals surface area contributed by atoms with Crippen LogP contribution in [0.1, 0.15) is 63.0 Å². The van der Waals surface area contributed by atoms with Gasteiger partial charge in [0.05, 0.1) is 0 Å². The van der Waals surface area contributed by atoms with Crippen LogP contribution < -0.4 is 5.32 Å². The van der Waals surface area contributed by atoms with Gasteiger partial charge < -0.3 is 9.88 Å². The number of nitrogens with zero attached hydrogens (tertiary/aromatic N) is 3. The molecular weight excluding hydrogens is 300 g/mol. The fourth-order valence-corrected chi connectivity index (χ4v) is 3.07. The highest BCUT2D eigenvalue weighted by atomic mass is 35.5. The van der Waals surface area contributed by atoms with E-state index in [4.69, 9.17) is 11.6 Å². The summed E-state index contributed by atoms with van der Waals surface area (Å²) in [6.45, 7) is 6.52. The number of nitrogens with one attached hydrogen (secondary N) is 1. The number of rotatable bonds is 3. The van der Waals surface area contributed by atoms with E-state index < -0.39 is 0 Å². The summed E-state index contributed by atoms with van der Waals surface area (Å²) < 4.78 is 2.04. The molecule has 0 spiro atoms. The quantitative estimate of drug-likeness (QED) is 0.870. The fraction of sp³-hybridized carbons (Fsp3) is 0.562. The second-order valence-electron chi connectivity index (χ2n) is 5.12. The Bertz CT molecular complexity index is 647. The van der Waals surface area contributed by atoms with E-state index in [9.17, 15) is 4.79 Å². The van der Waals surface area contributed by atoms with Gasteiger partial charge in [-0.25, -0.2) is 4.98 Å². The third-order valence-corrected chi connectivity index (χ3v) is 3.99. The van der Waals surface area contributed by atoms with E-state index in [0.717, 1.165) is 23.9 Å². The van der Waals surface area contributed by atoms with E-state index in [-0.39, 0.29) is 11.2 Å². The summed E-state index contributed by atoms with van der Waals surface area (Å²) in [6, 6.07) is 2.19. The standard InChI is InChI=1S/C14H17ClN4O.C2H6/c1-2-16-13(20)11-7-9-8-17-14(15)18-12(9)19(11)10-5-3-4-6-10;1-2/h7-8,10H,2-6H2,1H3,(H,16,20);1-2H3. The summed E-state index contributed by atoms with van der Waals surface area (Å²) in [5, 5.41) is 3.94. The number of halogens is 1. The molecule has 120 valence electrons. The summed E-state index contributed by atoms with van der Waals surface area (Å²) in [5.74, 6) is -0.0616. The van der Waals surface area contributed by atoms with Gasteiger partial charge in [-0.2, -0.15) is 4.98 Å². The van der Waals surface area contributed by atoms with Crippen LogP contribution in [0.5, 0.6) is 0 Å². The first-order valence-electron chi connectivity index (χ1n) is 8.02. The van der Waals surface area contributed by atoms with Gasteiger partial charge in [-0.3, -0.25) is 4.79 Å². The normalized spacial score (nSPS) is 14.7. The Balaban J connectivity index is 0.000000847. The molecule has 2 aromatic heterocycles. The van der Waals surface area contributed by atoms with Crippen LogP contribution in [0.3, 0.4) is 0 Å². The minimum Gasteiger partial charge on any atom is -0.351 e. The van der Waals surface area contributed by atoms with Gasteiger partial charge in [-0.15, -0.1) is 0 Å². The van der Waals surface area contributed by atoms with E-state index in [0.29, 0.717) is 18.3 Å². The highest BCUT2D eigenvalue weighted by Crippen LogP contribution is 2.34. The van der Waals surface area contributed by atoms with Crippen LogP contribution >= 0.6 is 11.6 Å². The Hall–Kier alpha value is -1.62. The van der Waals surface area contributed by atoms with Crippen molar-refractivity contribution in [2.75, 3.05) is 6.54 Å². The number of carbonyl (C=O) groups excluding carboxylic acids is 1. The van der Waals surface area contributed by atoms with Crippen LogP contribution in [0.15, 0.2) is 12.3 Å². The van der Waals surface area contributed by atoms with Crippen LogP contribution in [0.4, 0.5) is 0 Å². The molecule has 6 heteroatoms. The van der Waals surface area contributed by atoms with E-state index in [1.807, 2.05) is 31.4 Å². The minimum atomic E-state index is -0.0616. The van der Waals surface area contributed by atoms with Crippen molar-refractivity contribution in [3.05, 3.63) is 23.2 Å². The van der Waals surface area contributed by atoms with Gasteiger partial charge in [0, 0.05) is 24.2 Å². The molecule has 5 nitrogen and oxygen atoms in total. The molecule has 3 rings (SSSR count).